The largest absolute Gasteiger partial charge is 0.496 e. The van der Waals surface area contributed by atoms with E-state index in [1.165, 1.54) is 4.31 Å². The first-order valence-corrected chi connectivity index (χ1v) is 11.5. The molecule has 0 saturated heterocycles. The van der Waals surface area contributed by atoms with Crippen molar-refractivity contribution in [1.82, 2.24) is 5.32 Å². The molecule has 8 heteroatoms. The number of para-hydroxylation sites is 1. The van der Waals surface area contributed by atoms with Crippen LogP contribution in [-0.2, 0) is 14.8 Å². The fourth-order valence-corrected chi connectivity index (χ4v) is 4.30. The number of amides is 1. The summed E-state index contributed by atoms with van der Waals surface area (Å²) < 4.78 is 31.2. The molecule has 1 atom stereocenters. The molecular weight excluding hydrogens is 412 g/mol. The number of sulfonamides is 1. The molecule has 1 N–H and O–H groups in total. The number of halogens is 1. The number of carbonyl (C=O) groups excluding carboxylic acids is 1. The highest BCUT2D eigenvalue weighted by atomic mass is 35.5. The summed E-state index contributed by atoms with van der Waals surface area (Å²) in [5.41, 5.74) is 2.22. The Morgan fingerprint density at radius 2 is 1.93 bits per heavy atom. The van der Waals surface area contributed by atoms with Gasteiger partial charge in [-0.25, -0.2) is 8.42 Å². The number of nitrogens with zero attached hydrogens (tertiary/aromatic N) is 1. The number of hydrogen-bond donors (Lipinski definition) is 1. The number of hydrogen-bond acceptors (Lipinski definition) is 4. The molecule has 2 rings (SSSR count). The second-order valence-corrected chi connectivity index (χ2v) is 9.24. The molecule has 0 saturated carbocycles. The highest BCUT2D eigenvalue weighted by Crippen LogP contribution is 2.27. The molecule has 0 spiro atoms. The first-order chi connectivity index (χ1) is 13.6. The maximum absolute atomic E-state index is 12.4. The second-order valence-electron chi connectivity index (χ2n) is 6.90. The van der Waals surface area contributed by atoms with E-state index in [-0.39, 0.29) is 24.9 Å². The Bertz CT molecular complexity index is 963. The van der Waals surface area contributed by atoms with Crippen molar-refractivity contribution in [3.8, 4) is 5.75 Å². The van der Waals surface area contributed by atoms with E-state index < -0.39 is 10.0 Å². The average molecular weight is 439 g/mol. The van der Waals surface area contributed by atoms with Crippen molar-refractivity contribution in [3.63, 3.8) is 0 Å². The van der Waals surface area contributed by atoms with E-state index in [1.807, 2.05) is 38.1 Å². The van der Waals surface area contributed by atoms with E-state index >= 15 is 0 Å². The monoisotopic (exact) mass is 438 g/mol. The molecule has 0 radical (unpaired) electrons. The van der Waals surface area contributed by atoms with Crippen LogP contribution in [0.2, 0.25) is 5.02 Å². The van der Waals surface area contributed by atoms with Gasteiger partial charge in [0.2, 0.25) is 15.9 Å². The van der Waals surface area contributed by atoms with Crippen LogP contribution in [0.25, 0.3) is 0 Å². The molecule has 0 aliphatic carbocycles. The molecule has 2 aromatic rings. The van der Waals surface area contributed by atoms with Crippen molar-refractivity contribution < 1.29 is 17.9 Å². The van der Waals surface area contributed by atoms with Gasteiger partial charge < -0.3 is 10.1 Å². The molecule has 0 bridgehead atoms. The van der Waals surface area contributed by atoms with Crippen molar-refractivity contribution in [2.45, 2.75) is 32.7 Å². The molecular formula is C21H27ClN2O4S. The van der Waals surface area contributed by atoms with Crippen molar-refractivity contribution >= 4 is 33.2 Å². The van der Waals surface area contributed by atoms with Gasteiger partial charge in [-0.3, -0.25) is 9.10 Å². The topological polar surface area (TPSA) is 75.7 Å². The van der Waals surface area contributed by atoms with Crippen LogP contribution in [0.1, 0.15) is 36.9 Å². The summed E-state index contributed by atoms with van der Waals surface area (Å²) in [6.07, 6.45) is 1.73. The summed E-state index contributed by atoms with van der Waals surface area (Å²) >= 11 is 6.04. The number of benzene rings is 2. The zero-order chi connectivity index (χ0) is 21.6. The first-order valence-electron chi connectivity index (χ1n) is 9.29. The third kappa shape index (κ3) is 6.37. The smallest absolute Gasteiger partial charge is 0.232 e. The Morgan fingerprint density at radius 1 is 1.24 bits per heavy atom. The Hall–Kier alpha value is -2.25. The number of methoxy groups -OCH3 is 1. The van der Waals surface area contributed by atoms with Crippen LogP contribution >= 0.6 is 11.6 Å². The quantitative estimate of drug-likeness (QED) is 0.640. The lowest BCUT2D eigenvalue weighted by atomic mass is 10.1. The molecule has 158 valence electrons. The molecule has 0 aromatic heterocycles. The molecule has 0 fully saturated rings. The van der Waals surface area contributed by atoms with Crippen LogP contribution in [0.15, 0.2) is 42.5 Å². The predicted octanol–water partition coefficient (Wildman–Crippen LogP) is 4.08. The summed E-state index contributed by atoms with van der Waals surface area (Å²) in [6.45, 7) is 3.90. The van der Waals surface area contributed by atoms with Crippen molar-refractivity contribution in [1.29, 1.82) is 0 Å². The molecule has 0 unspecified atom stereocenters. The number of rotatable bonds is 9. The fourth-order valence-electron chi connectivity index (χ4n) is 3.11. The van der Waals surface area contributed by atoms with Gasteiger partial charge in [-0.1, -0.05) is 35.9 Å². The van der Waals surface area contributed by atoms with Gasteiger partial charge in [0.1, 0.15) is 5.75 Å². The van der Waals surface area contributed by atoms with Crippen LogP contribution in [0.5, 0.6) is 5.75 Å². The van der Waals surface area contributed by atoms with Gasteiger partial charge in [0.15, 0.2) is 0 Å². The minimum Gasteiger partial charge on any atom is -0.496 e. The molecule has 0 aliphatic rings. The van der Waals surface area contributed by atoms with Gasteiger partial charge in [-0.05, 0) is 44.0 Å². The van der Waals surface area contributed by atoms with Gasteiger partial charge in [0, 0.05) is 23.6 Å². The van der Waals surface area contributed by atoms with Gasteiger partial charge in [-0.15, -0.1) is 0 Å². The summed E-state index contributed by atoms with van der Waals surface area (Å²) in [5.74, 6) is 0.555. The van der Waals surface area contributed by atoms with Crippen molar-refractivity contribution in [2.75, 3.05) is 24.2 Å². The maximum atomic E-state index is 12.4. The van der Waals surface area contributed by atoms with Crippen LogP contribution in [0, 0.1) is 6.92 Å². The summed E-state index contributed by atoms with van der Waals surface area (Å²) in [7, 11) is -1.92. The Labute approximate surface area is 177 Å². The van der Waals surface area contributed by atoms with Gasteiger partial charge in [-0.2, -0.15) is 0 Å². The first kappa shape index (κ1) is 23.0. The molecule has 0 heterocycles. The van der Waals surface area contributed by atoms with Crippen LogP contribution < -0.4 is 14.4 Å². The van der Waals surface area contributed by atoms with E-state index in [0.717, 1.165) is 17.4 Å². The summed E-state index contributed by atoms with van der Waals surface area (Å²) in [4.78, 5) is 12.4. The van der Waals surface area contributed by atoms with E-state index in [1.54, 1.807) is 25.3 Å². The third-order valence-electron chi connectivity index (χ3n) is 4.59. The van der Waals surface area contributed by atoms with Crippen molar-refractivity contribution in [2.24, 2.45) is 0 Å². The maximum Gasteiger partial charge on any atom is 0.232 e. The predicted molar refractivity (Wildman–Crippen MR) is 117 cm³/mol. The molecule has 6 nitrogen and oxygen atoms in total. The van der Waals surface area contributed by atoms with Gasteiger partial charge >= 0.3 is 0 Å². The van der Waals surface area contributed by atoms with Gasteiger partial charge in [0.25, 0.3) is 0 Å². The van der Waals surface area contributed by atoms with E-state index in [4.69, 9.17) is 16.3 Å². The number of aryl methyl sites for hydroxylation is 1. The van der Waals surface area contributed by atoms with E-state index in [9.17, 15) is 13.2 Å². The van der Waals surface area contributed by atoms with Crippen molar-refractivity contribution in [3.05, 3.63) is 58.6 Å². The standard InChI is InChI=1S/C21H27ClN2O4S/c1-15-11-12-17(22)14-19(15)24(29(4,26)27)13-7-10-21(25)23-16(2)18-8-5-6-9-20(18)28-3/h5-6,8-9,11-12,14,16H,7,10,13H2,1-4H3,(H,23,25)/t16-/m0/s1. The van der Waals surface area contributed by atoms with E-state index in [0.29, 0.717) is 22.9 Å². The normalized spacial score (nSPS) is 12.3. The summed E-state index contributed by atoms with van der Waals surface area (Å²) in [5, 5.41) is 3.40. The third-order valence-corrected chi connectivity index (χ3v) is 6.00. The minimum atomic E-state index is -3.50. The lowest BCUT2D eigenvalue weighted by Gasteiger charge is -2.24. The average Bonchev–Trinajstić information content (AvgIpc) is 2.66. The second kappa shape index (κ2) is 9.98. The lowest BCUT2D eigenvalue weighted by Crippen LogP contribution is -2.33. The number of ether oxygens (including phenoxy) is 1. The summed E-state index contributed by atoms with van der Waals surface area (Å²) in [6, 6.07) is 12.4. The number of nitrogens with one attached hydrogen (secondary N) is 1. The molecule has 2 aromatic carbocycles. The fraction of sp³-hybridized carbons (Fsp3) is 0.381. The molecule has 0 aliphatic heterocycles. The number of anilines is 1. The van der Waals surface area contributed by atoms with Crippen LogP contribution in [0.4, 0.5) is 5.69 Å². The highest BCUT2D eigenvalue weighted by Gasteiger charge is 2.20. The minimum absolute atomic E-state index is 0.153. The molecule has 1 amide bonds. The number of carbonyl (C=O) groups is 1. The van der Waals surface area contributed by atoms with Crippen LogP contribution in [0.3, 0.4) is 0 Å². The Morgan fingerprint density at radius 3 is 2.59 bits per heavy atom. The highest BCUT2D eigenvalue weighted by molar-refractivity contribution is 7.92. The Balaban J connectivity index is 2.00. The lowest BCUT2D eigenvalue weighted by molar-refractivity contribution is -0.121. The van der Waals surface area contributed by atoms with E-state index in [2.05, 4.69) is 5.32 Å². The van der Waals surface area contributed by atoms with Gasteiger partial charge in [0.05, 0.1) is 25.1 Å². The zero-order valence-corrected chi connectivity index (χ0v) is 18.7. The zero-order valence-electron chi connectivity index (χ0n) is 17.1. The molecule has 29 heavy (non-hydrogen) atoms. The SMILES string of the molecule is COc1ccccc1[C@H](C)NC(=O)CCCN(c1cc(Cl)ccc1C)S(C)(=O)=O. The van der Waals surface area contributed by atoms with Crippen LogP contribution in [-0.4, -0.2) is 34.2 Å². The Kier molecular flexibility index (Phi) is 7.93.